The second-order valence-corrected chi connectivity index (χ2v) is 5.11. The van der Waals surface area contributed by atoms with Crippen LogP contribution >= 0.6 is 34.8 Å². The maximum Gasteiger partial charge on any atom is 0.0557 e. The number of hydrogen-bond donors (Lipinski definition) is 0. The van der Waals surface area contributed by atoms with E-state index in [-0.39, 0.29) is 16.2 Å². The zero-order chi connectivity index (χ0) is 10.1. The summed E-state index contributed by atoms with van der Waals surface area (Å²) in [6.07, 6.45) is 3.51. The van der Waals surface area contributed by atoms with Crippen molar-refractivity contribution in [2.24, 2.45) is 5.41 Å². The van der Waals surface area contributed by atoms with Crippen molar-refractivity contribution in [1.82, 2.24) is 0 Å². The Labute approximate surface area is 94.5 Å². The second-order valence-electron chi connectivity index (χ2n) is 3.80. The molecule has 0 radical (unpaired) electrons. The summed E-state index contributed by atoms with van der Waals surface area (Å²) in [6, 6.07) is 0. The summed E-state index contributed by atoms with van der Waals surface area (Å²) in [5.41, 5.74) is 2.49. The van der Waals surface area contributed by atoms with Crippen molar-refractivity contribution in [3.05, 3.63) is 23.8 Å². The minimum Gasteiger partial charge on any atom is -0.122 e. The van der Waals surface area contributed by atoms with Crippen molar-refractivity contribution in [1.29, 1.82) is 0 Å². The zero-order valence-electron chi connectivity index (χ0n) is 7.56. The minimum atomic E-state index is -0.0915. The van der Waals surface area contributed by atoms with Gasteiger partial charge in [-0.3, -0.25) is 0 Å². The SMILES string of the molecule is C=C1C[C@](C)(/C=C/Cl)[C@H](Cl)C[C@@H]1Cl. The van der Waals surface area contributed by atoms with Gasteiger partial charge in [0.2, 0.25) is 0 Å². The molecule has 0 aliphatic heterocycles. The maximum atomic E-state index is 6.23. The Kier molecular flexibility index (Phi) is 3.73. The Balaban J connectivity index is 2.82. The number of rotatable bonds is 1. The van der Waals surface area contributed by atoms with Crippen LogP contribution in [-0.4, -0.2) is 10.8 Å². The fraction of sp³-hybridized carbons (Fsp3) is 0.600. The minimum absolute atomic E-state index is 0.0132. The van der Waals surface area contributed by atoms with Crippen molar-refractivity contribution in [2.45, 2.75) is 30.5 Å². The van der Waals surface area contributed by atoms with Gasteiger partial charge in [-0.2, -0.15) is 0 Å². The molecule has 0 heterocycles. The molecule has 0 nitrogen and oxygen atoms in total. The average molecular weight is 240 g/mol. The van der Waals surface area contributed by atoms with E-state index in [4.69, 9.17) is 34.8 Å². The van der Waals surface area contributed by atoms with Gasteiger partial charge >= 0.3 is 0 Å². The van der Waals surface area contributed by atoms with Crippen LogP contribution in [0, 0.1) is 5.41 Å². The van der Waals surface area contributed by atoms with Crippen molar-refractivity contribution in [3.63, 3.8) is 0 Å². The van der Waals surface area contributed by atoms with Crippen LogP contribution in [0.3, 0.4) is 0 Å². The molecule has 0 N–H and O–H groups in total. The molecule has 3 atom stereocenters. The number of allylic oxidation sites excluding steroid dienone is 2. The van der Waals surface area contributed by atoms with E-state index in [1.807, 2.05) is 6.08 Å². The molecule has 13 heavy (non-hydrogen) atoms. The molecule has 0 amide bonds. The van der Waals surface area contributed by atoms with E-state index < -0.39 is 0 Å². The van der Waals surface area contributed by atoms with Crippen molar-refractivity contribution in [3.8, 4) is 0 Å². The molecule has 0 bridgehead atoms. The molecule has 0 spiro atoms. The molecule has 1 saturated carbocycles. The normalized spacial score (nSPS) is 41.4. The number of alkyl halides is 2. The molecule has 0 unspecified atom stereocenters. The van der Waals surface area contributed by atoms with Crippen LogP contribution in [-0.2, 0) is 0 Å². The van der Waals surface area contributed by atoms with Gasteiger partial charge in [0.25, 0.3) is 0 Å². The van der Waals surface area contributed by atoms with E-state index in [0.717, 1.165) is 18.4 Å². The molecule has 0 saturated heterocycles. The predicted octanol–water partition coefficient (Wildman–Crippen LogP) is 4.31. The Morgan fingerprint density at radius 2 is 2.15 bits per heavy atom. The summed E-state index contributed by atoms with van der Waals surface area (Å²) in [5, 5.41) is 0.0507. The zero-order valence-corrected chi connectivity index (χ0v) is 9.83. The van der Waals surface area contributed by atoms with Gasteiger partial charge in [-0.15, -0.1) is 23.2 Å². The van der Waals surface area contributed by atoms with Crippen molar-refractivity contribution >= 4 is 34.8 Å². The van der Waals surface area contributed by atoms with Gasteiger partial charge in [-0.1, -0.05) is 36.8 Å². The molecule has 1 rings (SSSR count). The van der Waals surface area contributed by atoms with Crippen LogP contribution in [0.4, 0.5) is 0 Å². The summed E-state index contributed by atoms with van der Waals surface area (Å²) in [7, 11) is 0. The molecule has 3 heteroatoms. The smallest absolute Gasteiger partial charge is 0.0557 e. The predicted molar refractivity (Wildman–Crippen MR) is 60.8 cm³/mol. The van der Waals surface area contributed by atoms with Crippen LogP contribution in [0.5, 0.6) is 0 Å². The van der Waals surface area contributed by atoms with Crippen molar-refractivity contribution < 1.29 is 0 Å². The molecule has 0 aromatic heterocycles. The lowest BCUT2D eigenvalue weighted by atomic mass is 9.73. The van der Waals surface area contributed by atoms with Crippen LogP contribution in [0.2, 0.25) is 0 Å². The lowest BCUT2D eigenvalue weighted by Gasteiger charge is -2.38. The third-order valence-electron chi connectivity index (χ3n) is 2.62. The fourth-order valence-electron chi connectivity index (χ4n) is 1.64. The highest BCUT2D eigenvalue weighted by molar-refractivity contribution is 6.26. The topological polar surface area (TPSA) is 0 Å². The van der Waals surface area contributed by atoms with Crippen LogP contribution < -0.4 is 0 Å². The first-order chi connectivity index (χ1) is 5.99. The summed E-state index contributed by atoms with van der Waals surface area (Å²) in [5.74, 6) is 0. The molecule has 1 aliphatic carbocycles. The summed E-state index contributed by atoms with van der Waals surface area (Å²) < 4.78 is 0. The third-order valence-corrected chi connectivity index (χ3v) is 3.91. The van der Waals surface area contributed by atoms with Gasteiger partial charge in [0.05, 0.1) is 5.38 Å². The summed E-state index contributed by atoms with van der Waals surface area (Å²) >= 11 is 17.8. The van der Waals surface area contributed by atoms with Gasteiger partial charge in [-0.25, -0.2) is 0 Å². The Morgan fingerprint density at radius 3 is 2.69 bits per heavy atom. The van der Waals surface area contributed by atoms with Gasteiger partial charge in [0.15, 0.2) is 0 Å². The third kappa shape index (κ3) is 2.43. The van der Waals surface area contributed by atoms with E-state index in [9.17, 15) is 0 Å². The molecule has 1 aliphatic rings. The quantitative estimate of drug-likeness (QED) is 0.472. The maximum absolute atomic E-state index is 6.23. The molecule has 74 valence electrons. The first-order valence-corrected chi connectivity index (χ1v) is 5.54. The number of hydrogen-bond acceptors (Lipinski definition) is 0. The molecule has 0 aromatic carbocycles. The Morgan fingerprint density at radius 1 is 1.54 bits per heavy atom. The first-order valence-electron chi connectivity index (χ1n) is 4.23. The lowest BCUT2D eigenvalue weighted by Crippen LogP contribution is -2.35. The fourth-order valence-corrected chi connectivity index (χ4v) is 2.60. The highest BCUT2D eigenvalue weighted by Gasteiger charge is 2.38. The van der Waals surface area contributed by atoms with Crippen LogP contribution in [0.25, 0.3) is 0 Å². The van der Waals surface area contributed by atoms with E-state index in [1.165, 1.54) is 5.54 Å². The molecule has 0 aromatic rings. The number of halogens is 3. The van der Waals surface area contributed by atoms with E-state index in [1.54, 1.807) is 0 Å². The van der Waals surface area contributed by atoms with Gasteiger partial charge in [0.1, 0.15) is 0 Å². The van der Waals surface area contributed by atoms with Crippen LogP contribution in [0.1, 0.15) is 19.8 Å². The lowest BCUT2D eigenvalue weighted by molar-refractivity contribution is 0.348. The summed E-state index contributed by atoms with van der Waals surface area (Å²) in [4.78, 5) is 0. The molecular weight excluding hydrogens is 226 g/mol. The van der Waals surface area contributed by atoms with Gasteiger partial charge in [-0.05, 0) is 12.8 Å². The van der Waals surface area contributed by atoms with E-state index in [2.05, 4.69) is 13.5 Å². The first kappa shape index (κ1) is 11.4. The highest BCUT2D eigenvalue weighted by Crippen LogP contribution is 2.44. The Bertz CT molecular complexity index is 234. The van der Waals surface area contributed by atoms with E-state index in [0.29, 0.717) is 0 Å². The van der Waals surface area contributed by atoms with Gasteiger partial charge in [0, 0.05) is 16.3 Å². The van der Waals surface area contributed by atoms with Crippen molar-refractivity contribution in [2.75, 3.05) is 0 Å². The monoisotopic (exact) mass is 238 g/mol. The average Bonchev–Trinajstić information content (AvgIpc) is 2.02. The van der Waals surface area contributed by atoms with Crippen LogP contribution in [0.15, 0.2) is 23.8 Å². The van der Waals surface area contributed by atoms with E-state index >= 15 is 0 Å². The van der Waals surface area contributed by atoms with Gasteiger partial charge < -0.3 is 0 Å². The molecular formula is C10H13Cl3. The second kappa shape index (κ2) is 4.25. The molecule has 1 fully saturated rings. The largest absolute Gasteiger partial charge is 0.122 e. The highest BCUT2D eigenvalue weighted by atomic mass is 35.5. The Hall–Kier alpha value is 0.350. The summed E-state index contributed by atoms with van der Waals surface area (Å²) in [6.45, 7) is 6.02. The standard InChI is InChI=1S/C10H13Cl3/c1-7-6-10(2,3-4-11)9(13)5-8(7)12/h3-4,8-9H,1,5-6H2,2H3/b4-3+/t8-,9+,10-/m0/s1.